The van der Waals surface area contributed by atoms with Crippen LogP contribution in [0.15, 0.2) is 24.3 Å². The third kappa shape index (κ3) is 3.06. The summed E-state index contributed by atoms with van der Waals surface area (Å²) in [7, 11) is 0. The highest BCUT2D eigenvalue weighted by molar-refractivity contribution is 5.93. The molecule has 0 spiro atoms. The largest absolute Gasteiger partial charge is 0.333 e. The molecule has 1 aromatic heterocycles. The number of aryl methyl sites for hydroxylation is 1. The van der Waals surface area contributed by atoms with Crippen LogP contribution in [0.2, 0.25) is 0 Å². The first-order chi connectivity index (χ1) is 11.5. The van der Waals surface area contributed by atoms with E-state index in [1.54, 1.807) is 4.68 Å². The van der Waals surface area contributed by atoms with Gasteiger partial charge in [-0.05, 0) is 44.7 Å². The van der Waals surface area contributed by atoms with Gasteiger partial charge < -0.3 is 10.6 Å². The van der Waals surface area contributed by atoms with Crippen LogP contribution in [0.25, 0.3) is 5.69 Å². The molecule has 2 heterocycles. The molecule has 2 aromatic rings. The van der Waals surface area contributed by atoms with Crippen molar-refractivity contribution in [3.8, 4) is 5.69 Å². The van der Waals surface area contributed by atoms with E-state index in [4.69, 9.17) is 5.73 Å². The minimum Gasteiger partial charge on any atom is -0.333 e. The average molecular weight is 327 g/mol. The quantitative estimate of drug-likeness (QED) is 0.936. The van der Waals surface area contributed by atoms with Crippen molar-refractivity contribution in [2.24, 2.45) is 11.7 Å². The molecule has 2 unspecified atom stereocenters. The first kappa shape index (κ1) is 16.6. The number of carbonyl (C=O) groups excluding carboxylic acids is 1. The number of nitrogens with zero attached hydrogens (tertiary/aromatic N) is 4. The number of hydrogen-bond donors (Lipinski definition) is 1. The summed E-state index contributed by atoms with van der Waals surface area (Å²) < 4.78 is 1.72. The molecule has 24 heavy (non-hydrogen) atoms. The third-order valence-electron chi connectivity index (χ3n) is 4.89. The van der Waals surface area contributed by atoms with Gasteiger partial charge in [0.25, 0.3) is 5.91 Å². The summed E-state index contributed by atoms with van der Waals surface area (Å²) >= 11 is 0. The topological polar surface area (TPSA) is 77.0 Å². The molecule has 1 aromatic carbocycles. The van der Waals surface area contributed by atoms with Crippen molar-refractivity contribution >= 4 is 5.91 Å². The minimum absolute atomic E-state index is 0.0618. The van der Waals surface area contributed by atoms with Crippen LogP contribution in [0, 0.1) is 19.8 Å². The number of likely N-dealkylation sites (tertiary alicyclic amines) is 1. The Kier molecular flexibility index (Phi) is 4.66. The zero-order valence-electron chi connectivity index (χ0n) is 14.6. The molecule has 1 fully saturated rings. The molecule has 1 saturated heterocycles. The van der Waals surface area contributed by atoms with Gasteiger partial charge in [0.05, 0.1) is 11.4 Å². The Labute approximate surface area is 142 Å². The third-order valence-corrected chi connectivity index (χ3v) is 4.89. The first-order valence-electron chi connectivity index (χ1n) is 8.51. The Morgan fingerprint density at radius 1 is 1.29 bits per heavy atom. The van der Waals surface area contributed by atoms with Crippen molar-refractivity contribution in [3.63, 3.8) is 0 Å². The molecule has 2 atom stereocenters. The zero-order chi connectivity index (χ0) is 17.3. The molecule has 0 aliphatic carbocycles. The molecule has 1 aliphatic rings. The van der Waals surface area contributed by atoms with E-state index in [1.165, 1.54) is 5.56 Å². The second-order valence-corrected chi connectivity index (χ2v) is 6.79. The van der Waals surface area contributed by atoms with Crippen molar-refractivity contribution in [3.05, 3.63) is 41.2 Å². The predicted molar refractivity (Wildman–Crippen MR) is 93.1 cm³/mol. The molecule has 6 heteroatoms. The second kappa shape index (κ2) is 6.73. The number of nitrogens with two attached hydrogens (primary N) is 1. The van der Waals surface area contributed by atoms with Crippen molar-refractivity contribution in [2.45, 2.75) is 39.7 Å². The van der Waals surface area contributed by atoms with Crippen LogP contribution in [0.1, 0.15) is 41.5 Å². The SMILES string of the molecule is Cc1ccc(-n2nnc(C(=O)N3CCC(C)CC3CN)c2C)cc1. The first-order valence-corrected chi connectivity index (χ1v) is 8.51. The summed E-state index contributed by atoms with van der Waals surface area (Å²) in [4.78, 5) is 14.8. The smallest absolute Gasteiger partial charge is 0.276 e. The fourth-order valence-electron chi connectivity index (χ4n) is 3.34. The molecule has 128 valence electrons. The lowest BCUT2D eigenvalue weighted by Gasteiger charge is -2.37. The van der Waals surface area contributed by atoms with Gasteiger partial charge >= 0.3 is 0 Å². The minimum atomic E-state index is -0.0618. The van der Waals surface area contributed by atoms with Crippen LogP contribution in [0.4, 0.5) is 0 Å². The van der Waals surface area contributed by atoms with Gasteiger partial charge in [-0.15, -0.1) is 5.10 Å². The van der Waals surface area contributed by atoms with Crippen LogP contribution in [-0.2, 0) is 0 Å². The number of rotatable bonds is 3. The van der Waals surface area contributed by atoms with Crippen molar-refractivity contribution < 1.29 is 4.79 Å². The van der Waals surface area contributed by atoms with Gasteiger partial charge in [0.2, 0.25) is 0 Å². The van der Waals surface area contributed by atoms with E-state index in [1.807, 2.05) is 43.0 Å². The van der Waals surface area contributed by atoms with Crippen LogP contribution in [0.5, 0.6) is 0 Å². The maximum absolute atomic E-state index is 12.9. The maximum atomic E-state index is 12.9. The van der Waals surface area contributed by atoms with Gasteiger partial charge in [0.15, 0.2) is 5.69 Å². The van der Waals surface area contributed by atoms with E-state index in [0.717, 1.165) is 30.8 Å². The van der Waals surface area contributed by atoms with E-state index in [0.29, 0.717) is 18.2 Å². The van der Waals surface area contributed by atoms with E-state index in [9.17, 15) is 4.79 Å². The normalized spacial score (nSPS) is 21.1. The molecule has 3 rings (SSSR count). The van der Waals surface area contributed by atoms with Gasteiger partial charge in [-0.1, -0.05) is 29.8 Å². The van der Waals surface area contributed by atoms with Gasteiger partial charge in [-0.3, -0.25) is 4.79 Å². The molecule has 2 N–H and O–H groups in total. The monoisotopic (exact) mass is 327 g/mol. The molecule has 6 nitrogen and oxygen atoms in total. The van der Waals surface area contributed by atoms with Crippen LogP contribution in [-0.4, -0.2) is 44.9 Å². The Morgan fingerprint density at radius 2 is 2.00 bits per heavy atom. The van der Waals surface area contributed by atoms with Crippen LogP contribution in [0.3, 0.4) is 0 Å². The van der Waals surface area contributed by atoms with Crippen molar-refractivity contribution in [1.82, 2.24) is 19.9 Å². The van der Waals surface area contributed by atoms with Gasteiger partial charge in [-0.2, -0.15) is 0 Å². The predicted octanol–water partition coefficient (Wildman–Crippen LogP) is 2.08. The van der Waals surface area contributed by atoms with Gasteiger partial charge in [-0.25, -0.2) is 4.68 Å². The Morgan fingerprint density at radius 3 is 2.67 bits per heavy atom. The lowest BCUT2D eigenvalue weighted by molar-refractivity contribution is 0.0566. The van der Waals surface area contributed by atoms with Crippen molar-refractivity contribution in [2.75, 3.05) is 13.1 Å². The summed E-state index contributed by atoms with van der Waals surface area (Å²) in [6, 6.07) is 8.10. The zero-order valence-corrected chi connectivity index (χ0v) is 14.6. The summed E-state index contributed by atoms with van der Waals surface area (Å²) in [6.07, 6.45) is 1.96. The number of piperidine rings is 1. The molecule has 0 bridgehead atoms. The molecule has 1 aliphatic heterocycles. The maximum Gasteiger partial charge on any atom is 0.276 e. The Bertz CT molecular complexity index is 722. The number of hydrogen-bond acceptors (Lipinski definition) is 4. The lowest BCUT2D eigenvalue weighted by Crippen LogP contribution is -2.49. The number of carbonyl (C=O) groups is 1. The molecular weight excluding hydrogens is 302 g/mol. The van der Waals surface area contributed by atoms with Gasteiger partial charge in [0, 0.05) is 19.1 Å². The summed E-state index contributed by atoms with van der Waals surface area (Å²) in [6.45, 7) is 7.36. The van der Waals surface area contributed by atoms with Crippen molar-refractivity contribution in [1.29, 1.82) is 0 Å². The number of benzene rings is 1. The Balaban J connectivity index is 1.87. The average Bonchev–Trinajstić information content (AvgIpc) is 2.96. The van der Waals surface area contributed by atoms with E-state index in [2.05, 4.69) is 17.2 Å². The number of amides is 1. The lowest BCUT2D eigenvalue weighted by atomic mass is 9.92. The molecular formula is C18H25N5O. The standard InChI is InChI=1S/C18H25N5O/c1-12-4-6-15(7-5-12)23-14(3)17(20-21-23)18(24)22-9-8-13(2)10-16(22)11-19/h4-7,13,16H,8-11,19H2,1-3H3. The fourth-order valence-corrected chi connectivity index (χ4v) is 3.34. The summed E-state index contributed by atoms with van der Waals surface area (Å²) in [5.74, 6) is 0.542. The van der Waals surface area contributed by atoms with E-state index in [-0.39, 0.29) is 11.9 Å². The fraction of sp³-hybridized carbons (Fsp3) is 0.500. The van der Waals surface area contributed by atoms with E-state index < -0.39 is 0 Å². The summed E-state index contributed by atoms with van der Waals surface area (Å²) in [5.41, 5.74) is 9.16. The molecule has 0 saturated carbocycles. The van der Waals surface area contributed by atoms with Gasteiger partial charge in [0.1, 0.15) is 0 Å². The Hall–Kier alpha value is -2.21. The van der Waals surface area contributed by atoms with Crippen LogP contribution < -0.4 is 5.73 Å². The highest BCUT2D eigenvalue weighted by Crippen LogP contribution is 2.24. The number of aromatic nitrogens is 3. The highest BCUT2D eigenvalue weighted by Gasteiger charge is 2.32. The van der Waals surface area contributed by atoms with E-state index >= 15 is 0 Å². The summed E-state index contributed by atoms with van der Waals surface area (Å²) in [5, 5.41) is 8.34. The van der Waals surface area contributed by atoms with Crippen LogP contribution >= 0.6 is 0 Å². The second-order valence-electron chi connectivity index (χ2n) is 6.79. The molecule has 0 radical (unpaired) electrons. The highest BCUT2D eigenvalue weighted by atomic mass is 16.2. The molecule has 1 amide bonds.